The number of rotatable bonds is 6. The lowest BCUT2D eigenvalue weighted by Crippen LogP contribution is -2.12. The van der Waals surface area contributed by atoms with Crippen molar-refractivity contribution in [2.45, 2.75) is 14.8 Å². The van der Waals surface area contributed by atoms with Gasteiger partial charge in [0.15, 0.2) is 8.68 Å². The first kappa shape index (κ1) is 16.4. The second-order valence-electron chi connectivity index (χ2n) is 5.17. The number of aromatic nitrogens is 2. The van der Waals surface area contributed by atoms with E-state index in [0.29, 0.717) is 11.5 Å². The molecule has 2 aromatic carbocycles. The van der Waals surface area contributed by atoms with Crippen LogP contribution in [0.15, 0.2) is 57.2 Å². The van der Waals surface area contributed by atoms with Crippen molar-refractivity contribution in [2.75, 3.05) is 11.5 Å². The summed E-state index contributed by atoms with van der Waals surface area (Å²) in [6.45, 7) is 0. The molecule has 0 aliphatic heterocycles. The number of thioether (sulfide) groups is 2. The summed E-state index contributed by atoms with van der Waals surface area (Å²) < 4.78 is 4.41. The van der Waals surface area contributed by atoms with E-state index in [1.165, 1.54) is 9.40 Å². The number of aliphatic hydroxyl groups excluding tert-OH is 1. The Morgan fingerprint density at radius 1 is 0.792 bits per heavy atom. The van der Waals surface area contributed by atoms with E-state index in [2.05, 4.69) is 22.1 Å². The molecule has 7 heteroatoms. The topological polar surface area (TPSA) is 46.0 Å². The highest BCUT2D eigenvalue weighted by molar-refractivity contribution is 8.02. The van der Waals surface area contributed by atoms with Crippen LogP contribution in [0.1, 0.15) is 0 Å². The molecule has 2 aromatic heterocycles. The Morgan fingerprint density at radius 3 is 1.71 bits per heavy atom. The number of hydrogen-bond donors (Lipinski definition) is 1. The standard InChI is InChI=1S/C17H14N2OS4/c20-11(9-21-16-18-12-5-1-3-7-14(12)23-16)10-22-17-19-13-6-2-4-8-15(13)24-17/h1-8,11,20H,9-10H2. The third-order valence-electron chi connectivity index (χ3n) is 3.35. The highest BCUT2D eigenvalue weighted by Crippen LogP contribution is 2.32. The zero-order chi connectivity index (χ0) is 16.4. The molecule has 0 saturated carbocycles. The molecule has 0 fully saturated rings. The minimum atomic E-state index is -0.376. The van der Waals surface area contributed by atoms with Crippen molar-refractivity contribution >= 4 is 66.6 Å². The van der Waals surface area contributed by atoms with Crippen molar-refractivity contribution < 1.29 is 5.11 Å². The molecule has 0 spiro atoms. The maximum Gasteiger partial charge on any atom is 0.151 e. The van der Waals surface area contributed by atoms with E-state index in [-0.39, 0.29) is 6.10 Å². The summed E-state index contributed by atoms with van der Waals surface area (Å²) in [5, 5.41) is 10.2. The van der Waals surface area contributed by atoms with Gasteiger partial charge >= 0.3 is 0 Å². The molecule has 4 rings (SSSR count). The van der Waals surface area contributed by atoms with Crippen LogP contribution < -0.4 is 0 Å². The van der Waals surface area contributed by atoms with Gasteiger partial charge in [-0.3, -0.25) is 0 Å². The van der Waals surface area contributed by atoms with Crippen molar-refractivity contribution in [3.05, 3.63) is 48.5 Å². The van der Waals surface area contributed by atoms with Crippen LogP contribution in [0.5, 0.6) is 0 Å². The third kappa shape index (κ3) is 3.75. The fourth-order valence-electron chi connectivity index (χ4n) is 2.21. The summed E-state index contributed by atoms with van der Waals surface area (Å²) in [5.74, 6) is 1.30. The van der Waals surface area contributed by atoms with Crippen molar-refractivity contribution in [1.29, 1.82) is 0 Å². The summed E-state index contributed by atoms with van der Waals surface area (Å²) in [6, 6.07) is 16.3. The predicted octanol–water partition coefficient (Wildman–Crippen LogP) is 5.15. The summed E-state index contributed by atoms with van der Waals surface area (Å²) in [5.41, 5.74) is 2.06. The zero-order valence-electron chi connectivity index (χ0n) is 12.6. The molecule has 122 valence electrons. The second kappa shape index (κ2) is 7.41. The number of fused-ring (bicyclic) bond motifs is 2. The Balaban J connectivity index is 1.32. The number of aliphatic hydroxyl groups is 1. The predicted molar refractivity (Wildman–Crippen MR) is 107 cm³/mol. The van der Waals surface area contributed by atoms with Crippen LogP contribution in [-0.2, 0) is 0 Å². The first-order chi connectivity index (χ1) is 11.8. The van der Waals surface area contributed by atoms with Gasteiger partial charge in [-0.1, -0.05) is 47.8 Å². The Labute approximate surface area is 156 Å². The van der Waals surface area contributed by atoms with E-state index in [4.69, 9.17) is 0 Å². The Hall–Kier alpha value is -1.12. The van der Waals surface area contributed by atoms with E-state index in [0.717, 1.165) is 19.7 Å². The van der Waals surface area contributed by atoms with Crippen molar-refractivity contribution in [1.82, 2.24) is 9.97 Å². The molecule has 0 bridgehead atoms. The van der Waals surface area contributed by atoms with E-state index in [1.54, 1.807) is 46.2 Å². The Morgan fingerprint density at radius 2 is 1.25 bits per heavy atom. The molecule has 0 aliphatic carbocycles. The van der Waals surface area contributed by atoms with E-state index < -0.39 is 0 Å². The fraction of sp³-hybridized carbons (Fsp3) is 0.176. The van der Waals surface area contributed by atoms with Gasteiger partial charge in [-0.15, -0.1) is 22.7 Å². The quantitative estimate of drug-likeness (QED) is 0.461. The van der Waals surface area contributed by atoms with Gasteiger partial charge in [0.1, 0.15) is 0 Å². The average Bonchev–Trinajstić information content (AvgIpc) is 3.21. The van der Waals surface area contributed by atoms with Crippen LogP contribution >= 0.6 is 46.2 Å². The van der Waals surface area contributed by atoms with Crippen LogP contribution in [-0.4, -0.2) is 32.7 Å². The van der Waals surface area contributed by atoms with Crippen LogP contribution in [0.3, 0.4) is 0 Å². The largest absolute Gasteiger partial charge is 0.391 e. The van der Waals surface area contributed by atoms with Crippen LogP contribution in [0.25, 0.3) is 20.4 Å². The minimum absolute atomic E-state index is 0.376. The van der Waals surface area contributed by atoms with Gasteiger partial charge in [0.05, 0.1) is 26.5 Å². The molecule has 3 nitrogen and oxygen atoms in total. The molecular formula is C17H14N2OS4. The summed E-state index contributed by atoms with van der Waals surface area (Å²) in [7, 11) is 0. The lowest BCUT2D eigenvalue weighted by atomic mass is 10.3. The molecule has 0 saturated heterocycles. The second-order valence-corrected chi connectivity index (χ2v) is 9.77. The molecule has 2 heterocycles. The molecule has 24 heavy (non-hydrogen) atoms. The van der Waals surface area contributed by atoms with Crippen molar-refractivity contribution in [2.24, 2.45) is 0 Å². The number of para-hydroxylation sites is 2. The molecule has 0 aliphatic rings. The zero-order valence-corrected chi connectivity index (χ0v) is 15.9. The monoisotopic (exact) mass is 390 g/mol. The number of benzene rings is 2. The highest BCUT2D eigenvalue weighted by Gasteiger charge is 2.11. The van der Waals surface area contributed by atoms with Crippen molar-refractivity contribution in [3.8, 4) is 0 Å². The third-order valence-corrected chi connectivity index (χ3v) is 8.00. The molecule has 0 atom stereocenters. The molecule has 0 radical (unpaired) electrons. The molecule has 0 unspecified atom stereocenters. The first-order valence-electron chi connectivity index (χ1n) is 7.43. The van der Waals surface area contributed by atoms with E-state index >= 15 is 0 Å². The summed E-state index contributed by atoms with van der Waals surface area (Å²) >= 11 is 6.60. The molecule has 0 amide bonds. The smallest absolute Gasteiger partial charge is 0.151 e. The molecule has 4 aromatic rings. The number of nitrogens with zero attached hydrogens (tertiary/aromatic N) is 2. The van der Waals surface area contributed by atoms with Gasteiger partial charge in [0, 0.05) is 11.5 Å². The van der Waals surface area contributed by atoms with Gasteiger partial charge in [0.25, 0.3) is 0 Å². The van der Waals surface area contributed by atoms with Crippen LogP contribution in [0, 0.1) is 0 Å². The number of thiazole rings is 2. The number of hydrogen-bond acceptors (Lipinski definition) is 7. The summed E-state index contributed by atoms with van der Waals surface area (Å²) in [6.07, 6.45) is -0.376. The van der Waals surface area contributed by atoms with Gasteiger partial charge in [-0.05, 0) is 24.3 Å². The van der Waals surface area contributed by atoms with E-state index in [9.17, 15) is 5.11 Å². The minimum Gasteiger partial charge on any atom is -0.391 e. The van der Waals surface area contributed by atoms with Crippen LogP contribution in [0.2, 0.25) is 0 Å². The van der Waals surface area contributed by atoms with Gasteiger partial charge in [-0.2, -0.15) is 0 Å². The van der Waals surface area contributed by atoms with Gasteiger partial charge < -0.3 is 5.11 Å². The van der Waals surface area contributed by atoms with Crippen molar-refractivity contribution in [3.63, 3.8) is 0 Å². The van der Waals surface area contributed by atoms with E-state index in [1.807, 2.05) is 36.4 Å². The highest BCUT2D eigenvalue weighted by atomic mass is 32.2. The van der Waals surface area contributed by atoms with Gasteiger partial charge in [-0.25, -0.2) is 9.97 Å². The summed E-state index contributed by atoms with van der Waals surface area (Å²) in [4.78, 5) is 9.17. The maximum absolute atomic E-state index is 10.2. The Bertz CT molecular complexity index is 821. The van der Waals surface area contributed by atoms with Crippen LogP contribution in [0.4, 0.5) is 0 Å². The molecular weight excluding hydrogens is 376 g/mol. The Kier molecular flexibility index (Phi) is 5.05. The van der Waals surface area contributed by atoms with Gasteiger partial charge in [0.2, 0.25) is 0 Å². The lowest BCUT2D eigenvalue weighted by molar-refractivity contribution is 0.225. The lowest BCUT2D eigenvalue weighted by Gasteiger charge is -2.06. The SMILES string of the molecule is OC(CSc1nc2ccccc2s1)CSc1nc2ccccc2s1. The normalized spacial score (nSPS) is 11.8. The average molecular weight is 391 g/mol. The maximum atomic E-state index is 10.2. The molecule has 1 N–H and O–H groups in total. The first-order valence-corrected chi connectivity index (χ1v) is 11.0. The fourth-order valence-corrected chi connectivity index (χ4v) is 6.40.